The Hall–Kier alpha value is -1.00. The third kappa shape index (κ3) is 1.91. The van der Waals surface area contributed by atoms with Gasteiger partial charge in [-0.15, -0.1) is 4.90 Å². The lowest BCUT2D eigenvalue weighted by Crippen LogP contribution is -1.91. The fourth-order valence-electron chi connectivity index (χ4n) is 1.11. The van der Waals surface area contributed by atoms with Gasteiger partial charge in [-0.05, 0) is 4.90 Å². The van der Waals surface area contributed by atoms with Gasteiger partial charge in [0.15, 0.2) is 8.87 Å². The van der Waals surface area contributed by atoms with Crippen LogP contribution in [0, 0.1) is 0 Å². The van der Waals surface area contributed by atoms with Gasteiger partial charge in [-0.1, -0.05) is 10.8 Å². The summed E-state index contributed by atoms with van der Waals surface area (Å²) in [5.74, 6) is 0. The maximum atomic E-state index is 11.7. The molecule has 2 aromatic rings. The van der Waals surface area contributed by atoms with Gasteiger partial charge in [0.2, 0.25) is 0 Å². The predicted octanol–water partition coefficient (Wildman–Crippen LogP) is 2.61. The minimum absolute atomic E-state index is 0.365. The highest BCUT2D eigenvalue weighted by Gasteiger charge is 2.07. The van der Waals surface area contributed by atoms with Crippen molar-refractivity contribution in [3.05, 3.63) is 48.5 Å². The van der Waals surface area contributed by atoms with Crippen LogP contribution in [-0.4, -0.2) is 8.42 Å². The molecule has 0 aliphatic heterocycles. The van der Waals surface area contributed by atoms with Crippen LogP contribution in [0.3, 0.4) is 0 Å². The van der Waals surface area contributed by atoms with Crippen LogP contribution in [0.1, 0.15) is 0 Å². The van der Waals surface area contributed by atoms with Gasteiger partial charge in [0.1, 0.15) is 0 Å². The van der Waals surface area contributed by atoms with Crippen molar-refractivity contribution in [1.82, 2.24) is 0 Å². The highest BCUT2D eigenvalue weighted by atomic mass is 33.1. The Balaban J connectivity index is 2.27. The van der Waals surface area contributed by atoms with E-state index < -0.39 is 8.87 Å². The Morgan fingerprint density at radius 1 is 1.21 bits per heavy atom. The molecule has 14 heavy (non-hydrogen) atoms. The van der Waals surface area contributed by atoms with Crippen molar-refractivity contribution in [3.8, 4) is 0 Å². The third-order valence-electron chi connectivity index (χ3n) is 1.76. The zero-order chi connectivity index (χ0) is 10.0. The molecule has 0 spiro atoms. The fourth-order valence-corrected chi connectivity index (χ4v) is 3.93. The largest absolute Gasteiger partial charge is 0.215 e. The summed E-state index contributed by atoms with van der Waals surface area (Å²) in [6, 6.07) is 13.9. The molecule has 0 atom stereocenters. The minimum Gasteiger partial charge on any atom is -0.215 e. The molecule has 0 radical (unpaired) electrons. The second-order valence-electron chi connectivity index (χ2n) is 2.78. The van der Waals surface area contributed by atoms with Crippen molar-refractivity contribution in [3.63, 3.8) is 0 Å². The number of rotatable bonds is 3. The molecule has 2 aromatic carbocycles. The second kappa shape index (κ2) is 3.63. The third-order valence-corrected chi connectivity index (χ3v) is 5.11. The molecule has 0 fully saturated rings. The molecule has 74 valence electrons. The summed E-state index contributed by atoms with van der Waals surface area (Å²) >= 11 is 0. The van der Waals surface area contributed by atoms with Crippen molar-refractivity contribution in [2.75, 3.05) is 0 Å². The Morgan fingerprint density at radius 2 is 2.07 bits per heavy atom. The summed E-state index contributed by atoms with van der Waals surface area (Å²) in [5, 5.41) is 0. The molecule has 2 nitrogen and oxygen atoms in total. The monoisotopic (exact) mass is 224 g/mol. The maximum Gasteiger partial charge on any atom is 0.198 e. The highest BCUT2D eigenvalue weighted by molar-refractivity contribution is 8.72. The molecule has 0 bridgehead atoms. The molecular formula is C10H8O2S2-2. The minimum atomic E-state index is -3.22. The first kappa shape index (κ1) is 9.55. The van der Waals surface area contributed by atoms with Crippen LogP contribution in [0.15, 0.2) is 58.3 Å². The topological polar surface area (TPSA) is 34.1 Å². The van der Waals surface area contributed by atoms with Gasteiger partial charge < -0.3 is 0 Å². The SMILES string of the molecule is O=S(=O)(Sc1cc[cH-]c1)c1ccc[cH-]1. The van der Waals surface area contributed by atoms with Crippen LogP contribution in [0.25, 0.3) is 0 Å². The van der Waals surface area contributed by atoms with E-state index >= 15 is 0 Å². The molecule has 0 saturated carbocycles. The Kier molecular flexibility index (Phi) is 2.48. The summed E-state index contributed by atoms with van der Waals surface area (Å²) in [5.41, 5.74) is 0. The van der Waals surface area contributed by atoms with E-state index in [0.29, 0.717) is 4.90 Å². The van der Waals surface area contributed by atoms with E-state index in [0.717, 1.165) is 15.7 Å². The lowest BCUT2D eigenvalue weighted by molar-refractivity contribution is 0.610. The van der Waals surface area contributed by atoms with E-state index in [-0.39, 0.29) is 0 Å². The lowest BCUT2D eigenvalue weighted by atomic mass is 10.7. The van der Waals surface area contributed by atoms with Crippen LogP contribution in [-0.2, 0) is 8.87 Å². The molecule has 0 heterocycles. The van der Waals surface area contributed by atoms with E-state index in [1.807, 2.05) is 12.1 Å². The number of hydrogen-bond acceptors (Lipinski definition) is 3. The van der Waals surface area contributed by atoms with Crippen molar-refractivity contribution in [1.29, 1.82) is 0 Å². The zero-order valence-electron chi connectivity index (χ0n) is 7.25. The molecule has 0 aliphatic carbocycles. The zero-order valence-corrected chi connectivity index (χ0v) is 8.88. The Morgan fingerprint density at radius 3 is 2.64 bits per heavy atom. The van der Waals surface area contributed by atoms with Gasteiger partial charge in [-0.3, -0.25) is 0 Å². The molecule has 0 aliphatic rings. The standard InChI is InChI=1S/C10H8O2S2/c11-14(12,10-7-3-4-8-10)13-9-5-1-2-6-9/h1-8H/q-2. The van der Waals surface area contributed by atoms with Gasteiger partial charge in [0, 0.05) is 0 Å². The molecule has 0 N–H and O–H groups in total. The Bertz CT molecular complexity index is 478. The molecule has 0 amide bonds. The first-order valence-electron chi connectivity index (χ1n) is 4.06. The van der Waals surface area contributed by atoms with Crippen molar-refractivity contribution in [2.24, 2.45) is 0 Å². The first-order chi connectivity index (χ1) is 6.68. The van der Waals surface area contributed by atoms with Gasteiger partial charge >= 0.3 is 0 Å². The van der Waals surface area contributed by atoms with Crippen LogP contribution in [0.5, 0.6) is 0 Å². The quantitative estimate of drug-likeness (QED) is 0.593. The van der Waals surface area contributed by atoms with Crippen LogP contribution in [0.2, 0.25) is 0 Å². The summed E-state index contributed by atoms with van der Waals surface area (Å²) < 4.78 is 23.4. The highest BCUT2D eigenvalue weighted by Crippen LogP contribution is 2.30. The molecular weight excluding hydrogens is 216 g/mol. The van der Waals surface area contributed by atoms with E-state index in [2.05, 4.69) is 0 Å². The van der Waals surface area contributed by atoms with E-state index in [1.54, 1.807) is 36.4 Å². The van der Waals surface area contributed by atoms with Gasteiger partial charge in [0.25, 0.3) is 0 Å². The summed E-state index contributed by atoms with van der Waals surface area (Å²) in [6.45, 7) is 0. The molecule has 0 saturated heterocycles. The van der Waals surface area contributed by atoms with Crippen LogP contribution in [0.4, 0.5) is 0 Å². The van der Waals surface area contributed by atoms with E-state index in [4.69, 9.17) is 0 Å². The van der Waals surface area contributed by atoms with Gasteiger partial charge in [-0.25, -0.2) is 14.5 Å². The van der Waals surface area contributed by atoms with Gasteiger partial charge in [-0.2, -0.15) is 42.5 Å². The molecule has 0 unspecified atom stereocenters. The first-order valence-corrected chi connectivity index (χ1v) is 6.88. The van der Waals surface area contributed by atoms with Crippen molar-refractivity contribution < 1.29 is 8.42 Å². The van der Waals surface area contributed by atoms with Crippen LogP contribution >= 0.6 is 10.8 Å². The molecule has 2 rings (SSSR count). The van der Waals surface area contributed by atoms with E-state index in [9.17, 15) is 8.42 Å². The summed E-state index contributed by atoms with van der Waals surface area (Å²) in [6.07, 6.45) is 0. The van der Waals surface area contributed by atoms with Crippen molar-refractivity contribution in [2.45, 2.75) is 9.79 Å². The molecule has 4 heteroatoms. The second-order valence-corrected chi connectivity index (χ2v) is 6.61. The predicted molar refractivity (Wildman–Crippen MR) is 57.1 cm³/mol. The molecule has 0 aromatic heterocycles. The normalized spacial score (nSPS) is 11.7. The maximum absolute atomic E-state index is 11.7. The summed E-state index contributed by atoms with van der Waals surface area (Å²) in [7, 11) is -2.34. The average Bonchev–Trinajstić information content (AvgIpc) is 2.71. The number of hydrogen-bond donors (Lipinski definition) is 0. The van der Waals surface area contributed by atoms with Gasteiger partial charge in [0.05, 0.1) is 0 Å². The lowest BCUT2D eigenvalue weighted by Gasteiger charge is -2.07. The fraction of sp³-hybridized carbons (Fsp3) is 0. The van der Waals surface area contributed by atoms with Crippen molar-refractivity contribution >= 4 is 19.7 Å². The van der Waals surface area contributed by atoms with E-state index in [1.165, 1.54) is 0 Å². The van der Waals surface area contributed by atoms with Crippen LogP contribution < -0.4 is 0 Å². The smallest absolute Gasteiger partial charge is 0.198 e. The average molecular weight is 224 g/mol. The Labute approximate surface area is 86.6 Å². The summed E-state index contributed by atoms with van der Waals surface area (Å²) in [4.78, 5) is 1.12.